The third-order valence-corrected chi connectivity index (χ3v) is 3.52. The zero-order valence-electron chi connectivity index (χ0n) is 9.92. The summed E-state index contributed by atoms with van der Waals surface area (Å²) in [6.07, 6.45) is -0.569. The van der Waals surface area contributed by atoms with Gasteiger partial charge >= 0.3 is 0 Å². The topological polar surface area (TPSA) is 64.6 Å². The maximum Gasteiger partial charge on any atom is 0.215 e. The number of hydrogen-bond donors (Lipinski definition) is 1. The van der Waals surface area contributed by atoms with E-state index in [4.69, 9.17) is 9.47 Å². The summed E-state index contributed by atoms with van der Waals surface area (Å²) in [5, 5.41) is 0. The molecule has 1 N–H and O–H groups in total. The first-order valence-electron chi connectivity index (χ1n) is 5.14. The number of nitrogens with one attached hydrogen (secondary N) is 1. The van der Waals surface area contributed by atoms with Gasteiger partial charge in [0, 0.05) is 14.2 Å². The normalized spacial score (nSPS) is 11.9. The van der Waals surface area contributed by atoms with E-state index in [9.17, 15) is 8.42 Å². The maximum atomic E-state index is 11.7. The number of ether oxygens (including phenoxy) is 2. The van der Waals surface area contributed by atoms with E-state index < -0.39 is 16.3 Å². The second-order valence-electron chi connectivity index (χ2n) is 3.49. The molecule has 0 aliphatic carbocycles. The molecule has 96 valence electrons. The standard InChI is InChI=1S/C11H17NO4S/c1-15-11(16-2)8-12-17(13,14)9-10-6-4-3-5-7-10/h3-7,11-12H,8-9H2,1-2H3. The molecule has 0 radical (unpaired) electrons. The Morgan fingerprint density at radius 1 is 1.18 bits per heavy atom. The first kappa shape index (κ1) is 14.1. The molecular weight excluding hydrogens is 242 g/mol. The van der Waals surface area contributed by atoms with Gasteiger partial charge in [-0.15, -0.1) is 0 Å². The lowest BCUT2D eigenvalue weighted by molar-refractivity contribution is -0.0960. The molecule has 0 bridgehead atoms. The van der Waals surface area contributed by atoms with Gasteiger partial charge < -0.3 is 9.47 Å². The second kappa shape index (κ2) is 6.70. The van der Waals surface area contributed by atoms with E-state index in [1.807, 2.05) is 6.07 Å². The van der Waals surface area contributed by atoms with Gasteiger partial charge in [0.15, 0.2) is 6.29 Å². The molecule has 0 spiro atoms. The van der Waals surface area contributed by atoms with Crippen LogP contribution in [0.3, 0.4) is 0 Å². The van der Waals surface area contributed by atoms with Crippen molar-refractivity contribution in [2.24, 2.45) is 0 Å². The number of benzene rings is 1. The molecule has 17 heavy (non-hydrogen) atoms. The molecule has 0 saturated heterocycles. The lowest BCUT2D eigenvalue weighted by Crippen LogP contribution is -2.34. The molecule has 5 nitrogen and oxygen atoms in total. The minimum Gasteiger partial charge on any atom is -0.355 e. The van der Waals surface area contributed by atoms with Gasteiger partial charge in [0.05, 0.1) is 12.3 Å². The van der Waals surface area contributed by atoms with E-state index in [2.05, 4.69) is 4.72 Å². The van der Waals surface area contributed by atoms with E-state index in [0.717, 1.165) is 5.56 Å². The van der Waals surface area contributed by atoms with Gasteiger partial charge in [-0.2, -0.15) is 0 Å². The quantitative estimate of drug-likeness (QED) is 0.733. The van der Waals surface area contributed by atoms with Crippen molar-refractivity contribution < 1.29 is 17.9 Å². The summed E-state index contributed by atoms with van der Waals surface area (Å²) in [4.78, 5) is 0. The highest BCUT2D eigenvalue weighted by Crippen LogP contribution is 2.04. The zero-order chi connectivity index (χ0) is 12.7. The summed E-state index contributed by atoms with van der Waals surface area (Å²) in [5.74, 6) is -0.0476. The molecule has 0 heterocycles. The Labute approximate surface area is 102 Å². The fraction of sp³-hybridized carbons (Fsp3) is 0.455. The van der Waals surface area contributed by atoms with Crippen LogP contribution >= 0.6 is 0 Å². The van der Waals surface area contributed by atoms with Gasteiger partial charge in [-0.05, 0) is 5.56 Å². The lowest BCUT2D eigenvalue weighted by Gasteiger charge is -2.14. The molecule has 0 unspecified atom stereocenters. The van der Waals surface area contributed by atoms with Gasteiger partial charge in [-0.25, -0.2) is 13.1 Å². The molecule has 0 aliphatic heterocycles. The molecule has 1 aromatic carbocycles. The van der Waals surface area contributed by atoms with Crippen molar-refractivity contribution in [1.82, 2.24) is 4.72 Å². The SMILES string of the molecule is COC(CNS(=O)(=O)Cc1ccccc1)OC. The van der Waals surface area contributed by atoms with Crippen molar-refractivity contribution in [1.29, 1.82) is 0 Å². The summed E-state index contributed by atoms with van der Waals surface area (Å²) in [5.41, 5.74) is 0.742. The van der Waals surface area contributed by atoms with Crippen molar-refractivity contribution in [2.45, 2.75) is 12.0 Å². The molecule has 6 heteroatoms. The summed E-state index contributed by atoms with van der Waals surface area (Å²) in [7, 11) is -0.444. The van der Waals surface area contributed by atoms with Crippen LogP contribution in [-0.4, -0.2) is 35.5 Å². The smallest absolute Gasteiger partial charge is 0.215 e. The summed E-state index contributed by atoms with van der Waals surface area (Å²) in [6.45, 7) is 0.0994. The average molecular weight is 259 g/mol. The van der Waals surface area contributed by atoms with Crippen molar-refractivity contribution in [3.05, 3.63) is 35.9 Å². The molecular formula is C11H17NO4S. The molecule has 1 aromatic rings. The molecule has 0 aromatic heterocycles. The Bertz CT molecular complexity index is 414. The lowest BCUT2D eigenvalue weighted by atomic mass is 10.2. The largest absolute Gasteiger partial charge is 0.355 e. The van der Waals surface area contributed by atoms with E-state index in [1.54, 1.807) is 24.3 Å². The number of methoxy groups -OCH3 is 2. The Morgan fingerprint density at radius 2 is 1.76 bits per heavy atom. The third kappa shape index (κ3) is 5.27. The van der Waals surface area contributed by atoms with Gasteiger partial charge in [0.25, 0.3) is 0 Å². The van der Waals surface area contributed by atoms with E-state index in [1.165, 1.54) is 14.2 Å². The summed E-state index contributed by atoms with van der Waals surface area (Å²) in [6, 6.07) is 8.98. The Morgan fingerprint density at radius 3 is 2.29 bits per heavy atom. The molecule has 0 saturated carbocycles. The molecule has 1 rings (SSSR count). The van der Waals surface area contributed by atoms with Crippen LogP contribution in [0.15, 0.2) is 30.3 Å². The van der Waals surface area contributed by atoms with Crippen LogP contribution in [0, 0.1) is 0 Å². The van der Waals surface area contributed by atoms with Crippen molar-refractivity contribution in [2.75, 3.05) is 20.8 Å². The monoisotopic (exact) mass is 259 g/mol. The Kier molecular flexibility index (Phi) is 5.57. The summed E-state index contributed by atoms with van der Waals surface area (Å²) < 4.78 is 35.7. The van der Waals surface area contributed by atoms with Crippen LogP contribution in [0.5, 0.6) is 0 Å². The van der Waals surface area contributed by atoms with Crippen LogP contribution in [0.2, 0.25) is 0 Å². The fourth-order valence-electron chi connectivity index (χ4n) is 1.30. The van der Waals surface area contributed by atoms with E-state index in [-0.39, 0.29) is 12.3 Å². The average Bonchev–Trinajstić information content (AvgIpc) is 2.31. The van der Waals surface area contributed by atoms with Crippen LogP contribution < -0.4 is 4.72 Å². The van der Waals surface area contributed by atoms with Crippen LogP contribution in [0.4, 0.5) is 0 Å². The Hall–Kier alpha value is -0.950. The molecule has 0 fully saturated rings. The van der Waals surface area contributed by atoms with Crippen LogP contribution in [-0.2, 0) is 25.2 Å². The minimum absolute atomic E-state index is 0.0476. The minimum atomic E-state index is -3.36. The second-order valence-corrected chi connectivity index (χ2v) is 5.30. The number of hydrogen-bond acceptors (Lipinski definition) is 4. The van der Waals surface area contributed by atoms with Crippen molar-refractivity contribution >= 4 is 10.0 Å². The van der Waals surface area contributed by atoms with Crippen LogP contribution in [0.25, 0.3) is 0 Å². The molecule has 0 amide bonds. The van der Waals surface area contributed by atoms with E-state index in [0.29, 0.717) is 0 Å². The van der Waals surface area contributed by atoms with Crippen LogP contribution in [0.1, 0.15) is 5.56 Å². The third-order valence-electron chi connectivity index (χ3n) is 2.20. The van der Waals surface area contributed by atoms with Gasteiger partial charge in [0.2, 0.25) is 10.0 Å². The highest BCUT2D eigenvalue weighted by molar-refractivity contribution is 7.88. The molecule has 0 aliphatic rings. The number of rotatable bonds is 7. The first-order valence-corrected chi connectivity index (χ1v) is 6.79. The van der Waals surface area contributed by atoms with Gasteiger partial charge in [0.1, 0.15) is 0 Å². The highest BCUT2D eigenvalue weighted by atomic mass is 32.2. The predicted octanol–water partition coefficient (Wildman–Crippen LogP) is 0.725. The first-order chi connectivity index (χ1) is 8.07. The highest BCUT2D eigenvalue weighted by Gasteiger charge is 2.14. The maximum absolute atomic E-state index is 11.7. The zero-order valence-corrected chi connectivity index (χ0v) is 10.7. The molecule has 0 atom stereocenters. The van der Waals surface area contributed by atoms with Crippen molar-refractivity contribution in [3.8, 4) is 0 Å². The van der Waals surface area contributed by atoms with Gasteiger partial charge in [-0.3, -0.25) is 0 Å². The van der Waals surface area contributed by atoms with Gasteiger partial charge in [-0.1, -0.05) is 30.3 Å². The number of sulfonamides is 1. The van der Waals surface area contributed by atoms with Crippen molar-refractivity contribution in [3.63, 3.8) is 0 Å². The Balaban J connectivity index is 2.52. The fourth-order valence-corrected chi connectivity index (χ4v) is 2.43. The van der Waals surface area contributed by atoms with E-state index >= 15 is 0 Å². The predicted molar refractivity (Wildman–Crippen MR) is 64.9 cm³/mol. The summed E-state index contributed by atoms with van der Waals surface area (Å²) >= 11 is 0.